The highest BCUT2D eigenvalue weighted by molar-refractivity contribution is 5.99. The summed E-state index contributed by atoms with van der Waals surface area (Å²) in [6.07, 6.45) is 2.31. The van der Waals surface area contributed by atoms with E-state index < -0.39 is 0 Å². The molecule has 2 rings (SSSR count). The molecule has 0 atom stereocenters. The van der Waals surface area contributed by atoms with E-state index in [9.17, 15) is 15.0 Å². The molecule has 1 aromatic carbocycles. The third-order valence-electron chi connectivity index (χ3n) is 2.81. The fourth-order valence-electron chi connectivity index (χ4n) is 1.71. The van der Waals surface area contributed by atoms with E-state index >= 15 is 0 Å². The van der Waals surface area contributed by atoms with Crippen LogP contribution < -0.4 is 0 Å². The van der Waals surface area contributed by atoms with Gasteiger partial charge in [0.1, 0.15) is 17.1 Å². The van der Waals surface area contributed by atoms with Crippen molar-refractivity contribution in [2.45, 2.75) is 12.8 Å². The minimum atomic E-state index is -0.331. The Morgan fingerprint density at radius 1 is 1.38 bits per heavy atom. The Morgan fingerprint density at radius 2 is 1.94 bits per heavy atom. The first kappa shape index (κ1) is 10.8. The Kier molecular flexibility index (Phi) is 2.73. The molecule has 0 saturated heterocycles. The van der Waals surface area contributed by atoms with Crippen LogP contribution >= 0.6 is 0 Å². The first-order valence-corrected chi connectivity index (χ1v) is 5.36. The number of aromatic hydroxyl groups is 2. The highest BCUT2D eigenvalue weighted by Gasteiger charge is 2.27. The second-order valence-corrected chi connectivity index (χ2v) is 4.30. The number of nitrogens with zero attached hydrogens (tertiary/aromatic N) is 1. The normalized spacial score (nSPS) is 14.8. The summed E-state index contributed by atoms with van der Waals surface area (Å²) in [6, 6.07) is 4.30. The minimum absolute atomic E-state index is 0.00866. The van der Waals surface area contributed by atoms with Crippen molar-refractivity contribution in [2.75, 3.05) is 13.6 Å². The van der Waals surface area contributed by atoms with Crippen molar-refractivity contribution in [1.29, 1.82) is 0 Å². The smallest absolute Gasteiger partial charge is 0.261 e. The zero-order valence-electron chi connectivity index (χ0n) is 9.18. The van der Waals surface area contributed by atoms with Crippen LogP contribution in [0.15, 0.2) is 18.2 Å². The lowest BCUT2D eigenvalue weighted by atomic mass is 10.1. The van der Waals surface area contributed by atoms with E-state index in [-0.39, 0.29) is 23.0 Å². The number of carbonyl (C=O) groups excluding carboxylic acids is 1. The molecule has 0 spiro atoms. The van der Waals surface area contributed by atoms with E-state index in [0.717, 1.165) is 12.8 Å². The van der Waals surface area contributed by atoms with Gasteiger partial charge in [-0.1, -0.05) is 6.07 Å². The second kappa shape index (κ2) is 4.04. The highest BCUT2D eigenvalue weighted by Crippen LogP contribution is 2.31. The van der Waals surface area contributed by atoms with Gasteiger partial charge in [-0.2, -0.15) is 0 Å². The van der Waals surface area contributed by atoms with Gasteiger partial charge in [-0.05, 0) is 30.9 Å². The number of benzene rings is 1. The van der Waals surface area contributed by atoms with Crippen molar-refractivity contribution >= 4 is 5.91 Å². The molecule has 4 nitrogen and oxygen atoms in total. The third kappa shape index (κ3) is 2.10. The molecule has 0 aliphatic heterocycles. The minimum Gasteiger partial charge on any atom is -0.507 e. The predicted molar refractivity (Wildman–Crippen MR) is 59.5 cm³/mol. The van der Waals surface area contributed by atoms with Crippen LogP contribution in [0.25, 0.3) is 0 Å². The monoisotopic (exact) mass is 221 g/mol. The lowest BCUT2D eigenvalue weighted by Gasteiger charge is -2.17. The molecule has 16 heavy (non-hydrogen) atoms. The van der Waals surface area contributed by atoms with E-state index in [1.165, 1.54) is 18.2 Å². The molecule has 4 heteroatoms. The molecule has 86 valence electrons. The lowest BCUT2D eigenvalue weighted by Crippen LogP contribution is -2.28. The largest absolute Gasteiger partial charge is 0.507 e. The van der Waals surface area contributed by atoms with Crippen LogP contribution in [0.1, 0.15) is 23.2 Å². The van der Waals surface area contributed by atoms with Crippen molar-refractivity contribution in [1.82, 2.24) is 4.90 Å². The van der Waals surface area contributed by atoms with Crippen LogP contribution in [0.2, 0.25) is 0 Å². The Balaban J connectivity index is 2.18. The van der Waals surface area contributed by atoms with E-state index in [4.69, 9.17) is 0 Å². The Labute approximate surface area is 94.1 Å². The van der Waals surface area contributed by atoms with E-state index in [0.29, 0.717) is 12.5 Å². The topological polar surface area (TPSA) is 60.8 Å². The summed E-state index contributed by atoms with van der Waals surface area (Å²) in [7, 11) is 1.69. The summed E-state index contributed by atoms with van der Waals surface area (Å²) in [5.74, 6) is -0.0928. The van der Waals surface area contributed by atoms with Crippen LogP contribution in [-0.2, 0) is 0 Å². The third-order valence-corrected chi connectivity index (χ3v) is 2.81. The molecule has 0 heterocycles. The van der Waals surface area contributed by atoms with Crippen LogP contribution in [0.4, 0.5) is 0 Å². The number of hydrogen-bond donors (Lipinski definition) is 2. The Hall–Kier alpha value is -1.71. The van der Waals surface area contributed by atoms with Gasteiger partial charge >= 0.3 is 0 Å². The maximum Gasteiger partial charge on any atom is 0.261 e. The van der Waals surface area contributed by atoms with Gasteiger partial charge in [0, 0.05) is 13.6 Å². The van der Waals surface area contributed by atoms with Gasteiger partial charge in [-0.15, -0.1) is 0 Å². The standard InChI is InChI=1S/C12H15NO3/c1-13(7-8-5-6-8)12(16)11-9(14)3-2-4-10(11)15/h2-4,8,14-15H,5-7H2,1H3. The molecule has 0 unspecified atom stereocenters. The summed E-state index contributed by atoms with van der Waals surface area (Å²) in [4.78, 5) is 13.5. The van der Waals surface area contributed by atoms with Gasteiger partial charge in [0.15, 0.2) is 0 Å². The summed E-state index contributed by atoms with van der Waals surface area (Å²) in [6.45, 7) is 0.687. The maximum atomic E-state index is 12.0. The summed E-state index contributed by atoms with van der Waals surface area (Å²) >= 11 is 0. The molecule has 1 aromatic rings. The molecule has 2 N–H and O–H groups in total. The van der Waals surface area contributed by atoms with Gasteiger partial charge in [-0.3, -0.25) is 4.79 Å². The number of amides is 1. The predicted octanol–water partition coefficient (Wildman–Crippen LogP) is 1.58. The fraction of sp³-hybridized carbons (Fsp3) is 0.417. The molecule has 1 aliphatic carbocycles. The zero-order chi connectivity index (χ0) is 11.7. The quantitative estimate of drug-likeness (QED) is 0.814. The van der Waals surface area contributed by atoms with E-state index in [1.54, 1.807) is 11.9 Å². The highest BCUT2D eigenvalue weighted by atomic mass is 16.3. The van der Waals surface area contributed by atoms with Crippen molar-refractivity contribution < 1.29 is 15.0 Å². The average Bonchev–Trinajstić information content (AvgIpc) is 3.01. The molecule has 0 bridgehead atoms. The second-order valence-electron chi connectivity index (χ2n) is 4.30. The number of phenolic OH excluding ortho intramolecular Hbond substituents is 2. The van der Waals surface area contributed by atoms with Gasteiger partial charge < -0.3 is 15.1 Å². The molecular formula is C12H15NO3. The molecule has 0 radical (unpaired) electrons. The van der Waals surface area contributed by atoms with E-state index in [2.05, 4.69) is 0 Å². The fourth-order valence-corrected chi connectivity index (χ4v) is 1.71. The Morgan fingerprint density at radius 3 is 2.44 bits per heavy atom. The van der Waals surface area contributed by atoms with Crippen LogP contribution in [0, 0.1) is 5.92 Å². The maximum absolute atomic E-state index is 12.0. The summed E-state index contributed by atoms with van der Waals surface area (Å²) in [5, 5.41) is 19.1. The molecule has 1 saturated carbocycles. The van der Waals surface area contributed by atoms with Crippen LogP contribution in [0.5, 0.6) is 11.5 Å². The molecule has 0 aromatic heterocycles. The van der Waals surface area contributed by atoms with E-state index in [1.807, 2.05) is 0 Å². The number of hydrogen-bond acceptors (Lipinski definition) is 3. The number of carbonyl (C=O) groups is 1. The van der Waals surface area contributed by atoms with Crippen molar-refractivity contribution in [3.8, 4) is 11.5 Å². The molecule has 1 amide bonds. The van der Waals surface area contributed by atoms with Crippen molar-refractivity contribution in [3.05, 3.63) is 23.8 Å². The Bertz CT molecular complexity index is 392. The summed E-state index contributed by atoms with van der Waals surface area (Å²) in [5.41, 5.74) is -0.00866. The van der Waals surface area contributed by atoms with Gasteiger partial charge in [-0.25, -0.2) is 0 Å². The van der Waals surface area contributed by atoms with Crippen LogP contribution in [-0.4, -0.2) is 34.6 Å². The van der Waals surface area contributed by atoms with Crippen molar-refractivity contribution in [2.24, 2.45) is 5.92 Å². The first-order valence-electron chi connectivity index (χ1n) is 5.36. The SMILES string of the molecule is CN(CC1CC1)C(=O)c1c(O)cccc1O. The first-order chi connectivity index (χ1) is 7.59. The van der Waals surface area contributed by atoms with Gasteiger partial charge in [0.2, 0.25) is 0 Å². The summed E-state index contributed by atoms with van der Waals surface area (Å²) < 4.78 is 0. The molecular weight excluding hydrogens is 206 g/mol. The van der Waals surface area contributed by atoms with Gasteiger partial charge in [0.25, 0.3) is 5.91 Å². The van der Waals surface area contributed by atoms with Gasteiger partial charge in [0.05, 0.1) is 0 Å². The zero-order valence-corrected chi connectivity index (χ0v) is 9.18. The molecule has 1 aliphatic rings. The van der Waals surface area contributed by atoms with Crippen molar-refractivity contribution in [3.63, 3.8) is 0 Å². The lowest BCUT2D eigenvalue weighted by molar-refractivity contribution is 0.0782. The van der Waals surface area contributed by atoms with Crippen LogP contribution in [0.3, 0.4) is 0 Å². The molecule has 1 fully saturated rings. The average molecular weight is 221 g/mol. The number of rotatable bonds is 3. The number of phenols is 2.